The summed E-state index contributed by atoms with van der Waals surface area (Å²) in [6.07, 6.45) is 1.63. The smallest absolute Gasteiger partial charge is 0.237 e. The number of carbonyl (C=O) groups is 1. The van der Waals surface area contributed by atoms with Gasteiger partial charge in [-0.2, -0.15) is 0 Å². The lowest BCUT2D eigenvalue weighted by Gasteiger charge is -2.19. The molecular formula is C17H22N2O. The Bertz CT molecular complexity index is 589. The molecule has 0 radical (unpaired) electrons. The topological polar surface area (TPSA) is 55.1 Å². The molecule has 0 bridgehead atoms. The van der Waals surface area contributed by atoms with Gasteiger partial charge in [-0.1, -0.05) is 55.8 Å². The van der Waals surface area contributed by atoms with E-state index in [1.165, 1.54) is 10.8 Å². The number of carbonyl (C=O) groups excluding carboxylic acids is 1. The van der Waals surface area contributed by atoms with Crippen LogP contribution in [0.3, 0.4) is 0 Å². The molecule has 2 aromatic rings. The van der Waals surface area contributed by atoms with E-state index in [0.717, 1.165) is 12.0 Å². The van der Waals surface area contributed by atoms with Gasteiger partial charge in [0.05, 0.1) is 12.1 Å². The maximum absolute atomic E-state index is 12.0. The van der Waals surface area contributed by atoms with Gasteiger partial charge < -0.3 is 11.1 Å². The second kappa shape index (κ2) is 6.53. The Morgan fingerprint density at radius 3 is 2.65 bits per heavy atom. The Kier molecular flexibility index (Phi) is 4.74. The van der Waals surface area contributed by atoms with E-state index in [4.69, 9.17) is 5.73 Å². The maximum Gasteiger partial charge on any atom is 0.237 e. The first-order valence-electron chi connectivity index (χ1n) is 7.17. The average molecular weight is 270 g/mol. The van der Waals surface area contributed by atoms with Gasteiger partial charge in [-0.25, -0.2) is 0 Å². The highest BCUT2D eigenvalue weighted by atomic mass is 16.2. The summed E-state index contributed by atoms with van der Waals surface area (Å²) in [5.74, 6) is -0.0766. The first-order chi connectivity index (χ1) is 9.63. The van der Waals surface area contributed by atoms with Crippen molar-refractivity contribution in [3.05, 3.63) is 48.0 Å². The molecule has 0 aliphatic carbocycles. The molecule has 0 aliphatic heterocycles. The molecule has 2 aromatic carbocycles. The van der Waals surface area contributed by atoms with Crippen LogP contribution in [0.15, 0.2) is 42.5 Å². The predicted molar refractivity (Wildman–Crippen MR) is 83.4 cm³/mol. The van der Waals surface area contributed by atoms with Crippen molar-refractivity contribution in [3.63, 3.8) is 0 Å². The van der Waals surface area contributed by atoms with Crippen molar-refractivity contribution in [3.8, 4) is 0 Å². The van der Waals surface area contributed by atoms with Gasteiger partial charge in [0.1, 0.15) is 0 Å². The van der Waals surface area contributed by atoms with E-state index in [-0.39, 0.29) is 11.9 Å². The molecule has 0 spiro atoms. The Labute approximate surface area is 120 Å². The Hall–Kier alpha value is -1.87. The fourth-order valence-electron chi connectivity index (χ4n) is 2.47. The zero-order valence-corrected chi connectivity index (χ0v) is 12.1. The van der Waals surface area contributed by atoms with Crippen molar-refractivity contribution in [1.82, 2.24) is 5.32 Å². The Morgan fingerprint density at radius 1 is 1.20 bits per heavy atom. The molecule has 3 heteroatoms. The number of nitrogens with one attached hydrogen (secondary N) is 1. The normalized spacial score (nSPS) is 13.9. The highest BCUT2D eigenvalue weighted by Crippen LogP contribution is 2.24. The van der Waals surface area contributed by atoms with Gasteiger partial charge in [-0.05, 0) is 29.7 Å². The van der Waals surface area contributed by atoms with Crippen LogP contribution in [-0.2, 0) is 4.79 Å². The van der Waals surface area contributed by atoms with Crippen molar-refractivity contribution < 1.29 is 4.79 Å². The van der Waals surface area contributed by atoms with Gasteiger partial charge in [-0.3, -0.25) is 4.79 Å². The second-order valence-electron chi connectivity index (χ2n) is 5.19. The lowest BCUT2D eigenvalue weighted by Crippen LogP contribution is -2.41. The van der Waals surface area contributed by atoms with Crippen molar-refractivity contribution in [2.24, 2.45) is 5.73 Å². The Balaban J connectivity index is 2.19. The molecule has 2 rings (SSSR count). The van der Waals surface area contributed by atoms with Crippen LogP contribution >= 0.6 is 0 Å². The van der Waals surface area contributed by atoms with Gasteiger partial charge in [-0.15, -0.1) is 0 Å². The quantitative estimate of drug-likeness (QED) is 0.877. The fourth-order valence-corrected chi connectivity index (χ4v) is 2.47. The minimum absolute atomic E-state index is 0.0449. The highest BCUT2D eigenvalue weighted by Gasteiger charge is 2.16. The summed E-state index contributed by atoms with van der Waals surface area (Å²) in [6.45, 7) is 4.03. The van der Waals surface area contributed by atoms with Gasteiger partial charge in [0, 0.05) is 0 Å². The van der Waals surface area contributed by atoms with Gasteiger partial charge in [0.2, 0.25) is 5.91 Å². The molecule has 0 aliphatic rings. The van der Waals surface area contributed by atoms with Crippen LogP contribution in [0.4, 0.5) is 0 Å². The SMILES string of the molecule is CCC[C@@H](N)C(=O)NC(C)c1cccc2ccccc12. The van der Waals surface area contributed by atoms with Crippen LogP contribution in [0.5, 0.6) is 0 Å². The molecule has 2 atom stereocenters. The molecular weight excluding hydrogens is 248 g/mol. The van der Waals surface area contributed by atoms with Gasteiger partial charge in [0.15, 0.2) is 0 Å². The van der Waals surface area contributed by atoms with Crippen LogP contribution in [0, 0.1) is 0 Å². The third-order valence-corrected chi connectivity index (χ3v) is 3.59. The first-order valence-corrected chi connectivity index (χ1v) is 7.17. The molecule has 1 unspecified atom stereocenters. The molecule has 0 fully saturated rings. The zero-order valence-electron chi connectivity index (χ0n) is 12.1. The average Bonchev–Trinajstić information content (AvgIpc) is 2.46. The largest absolute Gasteiger partial charge is 0.348 e. The van der Waals surface area contributed by atoms with E-state index in [2.05, 4.69) is 29.6 Å². The van der Waals surface area contributed by atoms with Crippen LogP contribution in [0.1, 0.15) is 38.3 Å². The van der Waals surface area contributed by atoms with Crippen molar-refractivity contribution in [2.75, 3.05) is 0 Å². The second-order valence-corrected chi connectivity index (χ2v) is 5.19. The van der Waals surface area contributed by atoms with Gasteiger partial charge in [0.25, 0.3) is 0 Å². The maximum atomic E-state index is 12.0. The number of hydrogen-bond donors (Lipinski definition) is 2. The fraction of sp³-hybridized carbons (Fsp3) is 0.353. The zero-order chi connectivity index (χ0) is 14.5. The number of rotatable bonds is 5. The van der Waals surface area contributed by atoms with E-state index in [9.17, 15) is 4.79 Å². The van der Waals surface area contributed by atoms with Gasteiger partial charge >= 0.3 is 0 Å². The summed E-state index contributed by atoms with van der Waals surface area (Å²) < 4.78 is 0. The van der Waals surface area contributed by atoms with E-state index in [1.807, 2.05) is 32.0 Å². The molecule has 0 aromatic heterocycles. The molecule has 1 amide bonds. The summed E-state index contributed by atoms with van der Waals surface area (Å²) >= 11 is 0. The lowest BCUT2D eigenvalue weighted by atomic mass is 9.99. The molecule has 106 valence electrons. The van der Waals surface area contributed by atoms with E-state index < -0.39 is 6.04 Å². The van der Waals surface area contributed by atoms with Crippen LogP contribution in [0.2, 0.25) is 0 Å². The van der Waals surface area contributed by atoms with E-state index >= 15 is 0 Å². The first kappa shape index (κ1) is 14.5. The van der Waals surface area contributed by atoms with E-state index in [1.54, 1.807) is 0 Å². The molecule has 0 saturated carbocycles. The number of fused-ring (bicyclic) bond motifs is 1. The summed E-state index contributed by atoms with van der Waals surface area (Å²) in [4.78, 5) is 12.0. The Morgan fingerprint density at radius 2 is 1.90 bits per heavy atom. The molecule has 0 saturated heterocycles. The van der Waals surface area contributed by atoms with Crippen molar-refractivity contribution in [2.45, 2.75) is 38.8 Å². The van der Waals surface area contributed by atoms with Crippen molar-refractivity contribution in [1.29, 1.82) is 0 Å². The van der Waals surface area contributed by atoms with Crippen LogP contribution in [0.25, 0.3) is 10.8 Å². The van der Waals surface area contributed by atoms with E-state index in [0.29, 0.717) is 6.42 Å². The summed E-state index contributed by atoms with van der Waals surface area (Å²) in [5.41, 5.74) is 6.98. The summed E-state index contributed by atoms with van der Waals surface area (Å²) in [7, 11) is 0. The molecule has 20 heavy (non-hydrogen) atoms. The summed E-state index contributed by atoms with van der Waals surface area (Å²) in [6, 6.07) is 13.9. The number of benzene rings is 2. The number of hydrogen-bond acceptors (Lipinski definition) is 2. The minimum Gasteiger partial charge on any atom is -0.348 e. The third-order valence-electron chi connectivity index (χ3n) is 3.59. The van der Waals surface area contributed by atoms with Crippen molar-refractivity contribution >= 4 is 16.7 Å². The lowest BCUT2D eigenvalue weighted by molar-refractivity contribution is -0.123. The standard InChI is InChI=1S/C17H22N2O/c1-3-7-16(18)17(20)19-12(2)14-11-6-9-13-8-4-5-10-15(13)14/h4-6,8-12,16H,3,7,18H2,1-2H3,(H,19,20)/t12?,16-/m1/s1. The number of nitrogens with two attached hydrogens (primary N) is 1. The molecule has 3 nitrogen and oxygen atoms in total. The minimum atomic E-state index is -0.419. The van der Waals surface area contributed by atoms with Crippen LogP contribution < -0.4 is 11.1 Å². The highest BCUT2D eigenvalue weighted by molar-refractivity contribution is 5.87. The molecule has 3 N–H and O–H groups in total. The monoisotopic (exact) mass is 270 g/mol. The summed E-state index contributed by atoms with van der Waals surface area (Å²) in [5, 5.41) is 5.37. The van der Waals surface area contributed by atoms with Crippen LogP contribution in [-0.4, -0.2) is 11.9 Å². The third kappa shape index (κ3) is 3.17. The number of amides is 1. The predicted octanol–water partition coefficient (Wildman–Crippen LogP) is 3.14. The molecule has 0 heterocycles.